The highest BCUT2D eigenvalue weighted by molar-refractivity contribution is 6.42. The second kappa shape index (κ2) is 5.39. The maximum Gasteiger partial charge on any atom is 0.275 e. The van der Waals surface area contributed by atoms with Crippen molar-refractivity contribution in [2.75, 3.05) is 5.32 Å². The van der Waals surface area contributed by atoms with Gasteiger partial charge in [0.25, 0.3) is 5.91 Å². The average molecular weight is 320 g/mol. The van der Waals surface area contributed by atoms with Gasteiger partial charge in [-0.2, -0.15) is 0 Å². The highest BCUT2D eigenvalue weighted by Crippen LogP contribution is 2.25. The van der Waals surface area contributed by atoms with E-state index in [4.69, 9.17) is 23.2 Å². The molecule has 0 saturated heterocycles. The van der Waals surface area contributed by atoms with Crippen LogP contribution in [0.3, 0.4) is 0 Å². The highest BCUT2D eigenvalue weighted by Gasteiger charge is 2.11. The van der Waals surface area contributed by atoms with Crippen molar-refractivity contribution in [1.29, 1.82) is 0 Å². The van der Waals surface area contributed by atoms with E-state index in [1.165, 1.54) is 0 Å². The normalized spacial score (nSPS) is 10.8. The lowest BCUT2D eigenvalue weighted by molar-refractivity contribution is 0.102. The zero-order chi connectivity index (χ0) is 15.0. The van der Waals surface area contributed by atoms with Gasteiger partial charge in [0, 0.05) is 18.1 Å². The number of halogens is 2. The van der Waals surface area contributed by atoms with E-state index in [1.54, 1.807) is 28.8 Å². The SMILES string of the molecule is Cc1ccn2cc(C(=O)Nc3ccc(Cl)c(Cl)c3)nc2c1. The molecule has 2 heterocycles. The van der Waals surface area contributed by atoms with Crippen molar-refractivity contribution in [3.05, 3.63) is 64.0 Å². The number of rotatable bonds is 2. The minimum Gasteiger partial charge on any atom is -0.321 e. The van der Waals surface area contributed by atoms with Crippen molar-refractivity contribution >= 4 is 40.4 Å². The van der Waals surface area contributed by atoms with Gasteiger partial charge in [-0.05, 0) is 42.8 Å². The summed E-state index contributed by atoms with van der Waals surface area (Å²) >= 11 is 11.8. The Bertz CT molecular complexity index is 842. The summed E-state index contributed by atoms with van der Waals surface area (Å²) < 4.78 is 1.80. The number of carbonyl (C=O) groups excluding carboxylic acids is 1. The molecule has 106 valence electrons. The Hall–Kier alpha value is -2.04. The Labute approximate surface area is 131 Å². The maximum atomic E-state index is 12.2. The molecule has 6 heteroatoms. The number of hydrogen-bond acceptors (Lipinski definition) is 2. The first-order valence-corrected chi connectivity index (χ1v) is 7.00. The number of imidazole rings is 1. The third-order valence-electron chi connectivity index (χ3n) is 3.03. The van der Waals surface area contributed by atoms with Gasteiger partial charge in [-0.15, -0.1) is 0 Å². The van der Waals surface area contributed by atoms with Crippen LogP contribution in [-0.4, -0.2) is 15.3 Å². The zero-order valence-corrected chi connectivity index (χ0v) is 12.6. The van der Waals surface area contributed by atoms with Crippen LogP contribution < -0.4 is 5.32 Å². The van der Waals surface area contributed by atoms with Crippen molar-refractivity contribution in [1.82, 2.24) is 9.38 Å². The summed E-state index contributed by atoms with van der Waals surface area (Å²) in [6, 6.07) is 8.78. The van der Waals surface area contributed by atoms with E-state index in [2.05, 4.69) is 10.3 Å². The molecule has 0 aliphatic heterocycles. The molecular weight excluding hydrogens is 309 g/mol. The summed E-state index contributed by atoms with van der Waals surface area (Å²) in [4.78, 5) is 16.5. The van der Waals surface area contributed by atoms with Crippen molar-refractivity contribution in [2.45, 2.75) is 6.92 Å². The minimum absolute atomic E-state index is 0.297. The van der Waals surface area contributed by atoms with Gasteiger partial charge >= 0.3 is 0 Å². The molecule has 1 amide bonds. The molecule has 0 fully saturated rings. The van der Waals surface area contributed by atoms with Gasteiger partial charge < -0.3 is 9.72 Å². The van der Waals surface area contributed by atoms with Crippen LogP contribution in [0.5, 0.6) is 0 Å². The molecule has 21 heavy (non-hydrogen) atoms. The fraction of sp³-hybridized carbons (Fsp3) is 0.0667. The second-order valence-corrected chi connectivity index (χ2v) is 5.49. The highest BCUT2D eigenvalue weighted by atomic mass is 35.5. The topological polar surface area (TPSA) is 46.4 Å². The van der Waals surface area contributed by atoms with Crippen LogP contribution in [0.25, 0.3) is 5.65 Å². The number of aryl methyl sites for hydroxylation is 1. The molecule has 0 aliphatic rings. The monoisotopic (exact) mass is 319 g/mol. The zero-order valence-electron chi connectivity index (χ0n) is 11.1. The van der Waals surface area contributed by atoms with Crippen molar-refractivity contribution in [2.24, 2.45) is 0 Å². The lowest BCUT2D eigenvalue weighted by Crippen LogP contribution is -2.12. The number of carbonyl (C=O) groups is 1. The standard InChI is InChI=1S/C15H11Cl2N3O/c1-9-4-5-20-8-13(19-14(20)6-9)15(21)18-10-2-3-11(16)12(17)7-10/h2-8H,1H3,(H,18,21). The summed E-state index contributed by atoms with van der Waals surface area (Å²) in [7, 11) is 0. The number of pyridine rings is 1. The van der Waals surface area contributed by atoms with Crippen molar-refractivity contribution in [3.63, 3.8) is 0 Å². The fourth-order valence-corrected chi connectivity index (χ4v) is 2.26. The fourth-order valence-electron chi connectivity index (χ4n) is 1.96. The van der Waals surface area contributed by atoms with Crippen LogP contribution in [0.4, 0.5) is 5.69 Å². The molecule has 0 bridgehead atoms. The average Bonchev–Trinajstić information content (AvgIpc) is 2.86. The van der Waals surface area contributed by atoms with E-state index in [0.29, 0.717) is 21.4 Å². The van der Waals surface area contributed by atoms with Gasteiger partial charge in [-0.25, -0.2) is 4.98 Å². The first-order valence-electron chi connectivity index (χ1n) is 6.25. The first kappa shape index (κ1) is 13.9. The van der Waals surface area contributed by atoms with Crippen LogP contribution in [-0.2, 0) is 0 Å². The van der Waals surface area contributed by atoms with Crippen molar-refractivity contribution < 1.29 is 4.79 Å². The van der Waals surface area contributed by atoms with Gasteiger partial charge in [0.1, 0.15) is 11.3 Å². The lowest BCUT2D eigenvalue weighted by Gasteiger charge is -2.04. The minimum atomic E-state index is -0.297. The smallest absolute Gasteiger partial charge is 0.275 e. The van der Waals surface area contributed by atoms with Gasteiger partial charge in [0.05, 0.1) is 10.0 Å². The van der Waals surface area contributed by atoms with Crippen LogP contribution in [0.15, 0.2) is 42.7 Å². The van der Waals surface area contributed by atoms with Crippen LogP contribution in [0, 0.1) is 6.92 Å². The molecule has 0 atom stereocenters. The van der Waals surface area contributed by atoms with E-state index < -0.39 is 0 Å². The van der Waals surface area contributed by atoms with E-state index in [1.807, 2.05) is 25.3 Å². The Morgan fingerprint density at radius 3 is 2.76 bits per heavy atom. The molecule has 1 N–H and O–H groups in total. The largest absolute Gasteiger partial charge is 0.321 e. The summed E-state index contributed by atoms with van der Waals surface area (Å²) in [6.45, 7) is 1.98. The summed E-state index contributed by atoms with van der Waals surface area (Å²) in [5.74, 6) is -0.297. The van der Waals surface area contributed by atoms with Crippen molar-refractivity contribution in [3.8, 4) is 0 Å². The summed E-state index contributed by atoms with van der Waals surface area (Å²) in [5, 5.41) is 3.58. The van der Waals surface area contributed by atoms with E-state index >= 15 is 0 Å². The van der Waals surface area contributed by atoms with Gasteiger partial charge in [-0.1, -0.05) is 23.2 Å². The third kappa shape index (κ3) is 2.86. The number of nitrogens with one attached hydrogen (secondary N) is 1. The number of benzene rings is 1. The number of aromatic nitrogens is 2. The van der Waals surface area contributed by atoms with Gasteiger partial charge in [-0.3, -0.25) is 4.79 Å². The molecule has 0 unspecified atom stereocenters. The third-order valence-corrected chi connectivity index (χ3v) is 3.76. The molecule has 0 radical (unpaired) electrons. The van der Waals surface area contributed by atoms with Gasteiger partial charge in [0.15, 0.2) is 0 Å². The van der Waals surface area contributed by atoms with E-state index in [-0.39, 0.29) is 5.91 Å². The Kier molecular flexibility index (Phi) is 3.57. The van der Waals surface area contributed by atoms with Crippen LogP contribution >= 0.6 is 23.2 Å². The van der Waals surface area contributed by atoms with Gasteiger partial charge in [0.2, 0.25) is 0 Å². The number of hydrogen-bond donors (Lipinski definition) is 1. The summed E-state index contributed by atoms with van der Waals surface area (Å²) in [5.41, 5.74) is 2.73. The Morgan fingerprint density at radius 1 is 1.19 bits per heavy atom. The second-order valence-electron chi connectivity index (χ2n) is 4.68. The molecule has 4 nitrogen and oxygen atoms in total. The molecule has 1 aromatic carbocycles. The Morgan fingerprint density at radius 2 is 2.00 bits per heavy atom. The molecular formula is C15H11Cl2N3O. The molecule has 3 aromatic rings. The molecule has 2 aromatic heterocycles. The predicted octanol–water partition coefficient (Wildman–Crippen LogP) is 4.20. The molecule has 3 rings (SSSR count). The number of amides is 1. The number of nitrogens with zero attached hydrogens (tertiary/aromatic N) is 2. The van der Waals surface area contributed by atoms with Crippen LogP contribution in [0.1, 0.15) is 16.1 Å². The number of anilines is 1. The maximum absolute atomic E-state index is 12.2. The molecule has 0 saturated carbocycles. The number of fused-ring (bicyclic) bond motifs is 1. The first-order chi connectivity index (χ1) is 10.0. The van der Waals surface area contributed by atoms with Crippen LogP contribution in [0.2, 0.25) is 10.0 Å². The van der Waals surface area contributed by atoms with E-state index in [0.717, 1.165) is 11.2 Å². The summed E-state index contributed by atoms with van der Waals surface area (Å²) in [6.07, 6.45) is 3.55. The molecule has 0 spiro atoms. The predicted molar refractivity (Wildman–Crippen MR) is 84.3 cm³/mol. The quantitative estimate of drug-likeness (QED) is 0.769. The molecule has 0 aliphatic carbocycles. The van der Waals surface area contributed by atoms with E-state index in [9.17, 15) is 4.79 Å². The lowest BCUT2D eigenvalue weighted by atomic mass is 10.3. The Balaban J connectivity index is 1.87.